The zero-order valence-electron chi connectivity index (χ0n) is 15.5. The molecule has 0 unspecified atom stereocenters. The van der Waals surface area contributed by atoms with Gasteiger partial charge in [0.15, 0.2) is 0 Å². The summed E-state index contributed by atoms with van der Waals surface area (Å²) < 4.78 is 7.25. The van der Waals surface area contributed by atoms with Crippen molar-refractivity contribution in [2.24, 2.45) is 0 Å². The van der Waals surface area contributed by atoms with E-state index in [2.05, 4.69) is 11.0 Å². The van der Waals surface area contributed by atoms with Gasteiger partial charge in [-0.15, -0.1) is 0 Å². The number of fused-ring (bicyclic) bond motifs is 1. The van der Waals surface area contributed by atoms with Gasteiger partial charge in [0, 0.05) is 30.7 Å². The molecule has 0 spiro atoms. The topological polar surface area (TPSA) is 34.5 Å². The molecule has 1 saturated heterocycles. The number of rotatable bonds is 4. The van der Waals surface area contributed by atoms with Crippen molar-refractivity contribution in [1.82, 2.24) is 9.47 Å². The summed E-state index contributed by atoms with van der Waals surface area (Å²) in [5.74, 6) is -0.0769. The van der Waals surface area contributed by atoms with E-state index in [0.29, 0.717) is 10.6 Å². The van der Waals surface area contributed by atoms with Crippen LogP contribution < -0.4 is 0 Å². The lowest BCUT2D eigenvalue weighted by Gasteiger charge is -2.26. The smallest absolute Gasteiger partial charge is 0.264 e. The van der Waals surface area contributed by atoms with Crippen molar-refractivity contribution in [3.05, 3.63) is 70.4 Å². The molecule has 4 rings (SSSR count). The van der Waals surface area contributed by atoms with Crippen molar-refractivity contribution in [1.29, 1.82) is 0 Å². The summed E-state index contributed by atoms with van der Waals surface area (Å²) in [6.45, 7) is 6.53. The minimum atomic E-state index is -0.0769. The zero-order chi connectivity index (χ0) is 18.8. The van der Waals surface area contributed by atoms with Crippen LogP contribution in [0.1, 0.15) is 21.6 Å². The Morgan fingerprint density at radius 3 is 2.56 bits per heavy atom. The maximum atomic E-state index is 13.3. The fourth-order valence-electron chi connectivity index (χ4n) is 3.86. The highest BCUT2D eigenvalue weighted by molar-refractivity contribution is 6.34. The molecule has 3 aromatic rings. The number of para-hydroxylation sites is 1. The highest BCUT2D eigenvalue weighted by Crippen LogP contribution is 2.28. The van der Waals surface area contributed by atoms with Gasteiger partial charge in [-0.25, -0.2) is 0 Å². The minimum Gasteiger partial charge on any atom is -0.379 e. The van der Waals surface area contributed by atoms with Crippen LogP contribution in [0.5, 0.6) is 0 Å². The molecule has 5 heteroatoms. The summed E-state index contributed by atoms with van der Waals surface area (Å²) in [4.78, 5) is 15.7. The van der Waals surface area contributed by atoms with Gasteiger partial charge < -0.3 is 4.74 Å². The van der Waals surface area contributed by atoms with Gasteiger partial charge in [-0.1, -0.05) is 41.9 Å². The van der Waals surface area contributed by atoms with Gasteiger partial charge >= 0.3 is 0 Å². The third kappa shape index (κ3) is 3.53. The number of morpholine rings is 1. The lowest BCUT2D eigenvalue weighted by atomic mass is 10.1. The van der Waals surface area contributed by atoms with Crippen LogP contribution >= 0.6 is 11.6 Å². The van der Waals surface area contributed by atoms with Gasteiger partial charge in [0.25, 0.3) is 5.91 Å². The van der Waals surface area contributed by atoms with Crippen molar-refractivity contribution in [2.45, 2.75) is 13.3 Å². The first kappa shape index (κ1) is 18.2. The normalized spacial score (nSPS) is 15.3. The van der Waals surface area contributed by atoms with Gasteiger partial charge in [0.05, 0.1) is 29.3 Å². The molecule has 0 radical (unpaired) electrons. The number of hydrogen-bond acceptors (Lipinski definition) is 3. The van der Waals surface area contributed by atoms with Crippen LogP contribution in [0.4, 0.5) is 0 Å². The van der Waals surface area contributed by atoms with Gasteiger partial charge in [-0.05, 0) is 37.1 Å². The molecule has 140 valence electrons. The largest absolute Gasteiger partial charge is 0.379 e. The van der Waals surface area contributed by atoms with Crippen LogP contribution in [0, 0.1) is 6.92 Å². The standard InChI is InChI=1S/C22H23ClN2O2/c1-16-17(10-11-24-12-14-27-15-13-24)18-6-3-5-9-21(18)25(16)22(26)19-7-2-4-8-20(19)23/h2-9H,10-15H2,1H3. The molecule has 1 aliphatic heterocycles. The second-order valence-corrected chi connectivity index (χ2v) is 7.31. The summed E-state index contributed by atoms with van der Waals surface area (Å²) in [7, 11) is 0. The summed E-state index contributed by atoms with van der Waals surface area (Å²) in [6.07, 6.45) is 0.912. The number of halogens is 1. The van der Waals surface area contributed by atoms with Crippen molar-refractivity contribution in [2.75, 3.05) is 32.8 Å². The predicted molar refractivity (Wildman–Crippen MR) is 109 cm³/mol. The average Bonchev–Trinajstić information content (AvgIpc) is 2.98. The van der Waals surface area contributed by atoms with Crippen molar-refractivity contribution in [3.8, 4) is 0 Å². The molecule has 27 heavy (non-hydrogen) atoms. The number of aromatic nitrogens is 1. The monoisotopic (exact) mass is 382 g/mol. The fourth-order valence-corrected chi connectivity index (χ4v) is 4.08. The zero-order valence-corrected chi connectivity index (χ0v) is 16.2. The molecule has 0 bridgehead atoms. The molecule has 0 aliphatic carbocycles. The number of carbonyl (C=O) groups is 1. The van der Waals surface area contributed by atoms with Gasteiger partial charge in [-0.2, -0.15) is 0 Å². The van der Waals surface area contributed by atoms with Crippen LogP contribution in [0.2, 0.25) is 5.02 Å². The molecule has 1 aromatic heterocycles. The van der Waals surface area contributed by atoms with E-state index in [1.165, 1.54) is 5.56 Å². The van der Waals surface area contributed by atoms with Gasteiger partial charge in [0.2, 0.25) is 0 Å². The Morgan fingerprint density at radius 1 is 1.07 bits per heavy atom. The molecule has 4 nitrogen and oxygen atoms in total. The number of benzene rings is 2. The van der Waals surface area contributed by atoms with Crippen LogP contribution in [0.3, 0.4) is 0 Å². The number of nitrogens with zero attached hydrogens (tertiary/aromatic N) is 2. The van der Waals surface area contributed by atoms with Crippen molar-refractivity contribution in [3.63, 3.8) is 0 Å². The summed E-state index contributed by atoms with van der Waals surface area (Å²) in [5, 5.41) is 1.62. The second-order valence-electron chi connectivity index (χ2n) is 6.91. The van der Waals surface area contributed by atoms with Gasteiger partial charge in [0.1, 0.15) is 0 Å². The van der Waals surface area contributed by atoms with Crippen molar-refractivity contribution < 1.29 is 9.53 Å². The van der Waals surface area contributed by atoms with Gasteiger partial charge in [-0.3, -0.25) is 14.3 Å². The Kier molecular flexibility index (Phi) is 5.30. The predicted octanol–water partition coefficient (Wildman–Crippen LogP) is 4.17. The maximum Gasteiger partial charge on any atom is 0.264 e. The van der Waals surface area contributed by atoms with E-state index < -0.39 is 0 Å². The lowest BCUT2D eigenvalue weighted by molar-refractivity contribution is 0.0384. The number of carbonyl (C=O) groups excluding carboxylic acids is 1. The number of ether oxygens (including phenoxy) is 1. The van der Waals surface area contributed by atoms with Crippen LogP contribution in [0.25, 0.3) is 10.9 Å². The Morgan fingerprint density at radius 2 is 1.78 bits per heavy atom. The second kappa shape index (κ2) is 7.85. The third-order valence-corrected chi connectivity index (χ3v) is 5.66. The van der Waals surface area contributed by atoms with Crippen LogP contribution in [-0.4, -0.2) is 48.2 Å². The van der Waals surface area contributed by atoms with E-state index in [4.69, 9.17) is 16.3 Å². The first-order valence-electron chi connectivity index (χ1n) is 9.35. The van der Waals surface area contributed by atoms with E-state index >= 15 is 0 Å². The minimum absolute atomic E-state index is 0.0769. The molecule has 0 atom stereocenters. The summed E-state index contributed by atoms with van der Waals surface area (Å²) in [5.41, 5.74) is 3.70. The quantitative estimate of drug-likeness (QED) is 0.679. The molecular formula is C22H23ClN2O2. The first-order chi connectivity index (χ1) is 13.2. The van der Waals surface area contributed by atoms with Crippen molar-refractivity contribution >= 4 is 28.4 Å². The maximum absolute atomic E-state index is 13.3. The van der Waals surface area contributed by atoms with E-state index in [-0.39, 0.29) is 5.91 Å². The van der Waals surface area contributed by atoms with E-state index in [1.54, 1.807) is 12.1 Å². The highest BCUT2D eigenvalue weighted by Gasteiger charge is 2.21. The van der Waals surface area contributed by atoms with E-state index in [9.17, 15) is 4.79 Å². The van der Waals surface area contributed by atoms with Crippen LogP contribution in [-0.2, 0) is 11.2 Å². The average molecular weight is 383 g/mol. The Labute approximate surface area is 164 Å². The molecule has 2 heterocycles. The lowest BCUT2D eigenvalue weighted by Crippen LogP contribution is -2.37. The summed E-state index contributed by atoms with van der Waals surface area (Å²) in [6, 6.07) is 15.4. The van der Waals surface area contributed by atoms with E-state index in [1.807, 2.05) is 41.8 Å². The SMILES string of the molecule is Cc1c(CCN2CCOCC2)c2ccccc2n1C(=O)c1ccccc1Cl. The van der Waals surface area contributed by atoms with E-state index in [0.717, 1.165) is 55.9 Å². The number of hydrogen-bond donors (Lipinski definition) is 0. The molecule has 0 saturated carbocycles. The van der Waals surface area contributed by atoms with Crippen LogP contribution in [0.15, 0.2) is 48.5 Å². The third-order valence-electron chi connectivity index (χ3n) is 5.33. The molecule has 1 aliphatic rings. The Balaban J connectivity index is 1.72. The highest BCUT2D eigenvalue weighted by atomic mass is 35.5. The Hall–Kier alpha value is -2.14. The molecular weight excluding hydrogens is 360 g/mol. The first-order valence-corrected chi connectivity index (χ1v) is 9.73. The fraction of sp³-hybridized carbons (Fsp3) is 0.318. The molecule has 2 aromatic carbocycles. The molecule has 1 fully saturated rings. The molecule has 0 N–H and O–H groups in total. The Bertz CT molecular complexity index is 974. The molecule has 0 amide bonds. The summed E-state index contributed by atoms with van der Waals surface area (Å²) >= 11 is 6.29.